The van der Waals surface area contributed by atoms with Crippen molar-refractivity contribution in [1.82, 2.24) is 0 Å². The molecule has 0 amide bonds. The summed E-state index contributed by atoms with van der Waals surface area (Å²) in [6, 6.07) is 10.00. The summed E-state index contributed by atoms with van der Waals surface area (Å²) in [4.78, 5) is 0. The van der Waals surface area contributed by atoms with Crippen LogP contribution in [0.4, 0.5) is 0 Å². The number of rotatable bonds is 4. The molecule has 0 aliphatic heterocycles. The van der Waals surface area contributed by atoms with E-state index in [4.69, 9.17) is 11.5 Å². The molecule has 0 fully saturated rings. The number of nitrogens with two attached hydrogens (primary N) is 2. The Morgan fingerprint density at radius 2 is 1.88 bits per heavy atom. The van der Waals surface area contributed by atoms with E-state index in [0.29, 0.717) is 5.92 Å². The average Bonchev–Trinajstić information content (AvgIpc) is 2.25. The second-order valence-electron chi connectivity index (χ2n) is 4.09. The molecule has 0 atom stereocenters. The molecule has 0 radical (unpaired) electrons. The molecule has 0 aliphatic carbocycles. The molecule has 0 aliphatic rings. The van der Waals surface area contributed by atoms with Gasteiger partial charge in [0.15, 0.2) is 0 Å². The predicted molar refractivity (Wildman–Crippen MR) is 66.8 cm³/mol. The Morgan fingerprint density at radius 3 is 2.38 bits per heavy atom. The molecule has 86 valence electrons. The van der Waals surface area contributed by atoms with E-state index in [1.54, 1.807) is 0 Å². The van der Waals surface area contributed by atoms with Crippen LogP contribution in [0.15, 0.2) is 35.4 Å². The molecule has 0 unspecified atom stereocenters. The fourth-order valence-corrected chi connectivity index (χ4v) is 1.38. The van der Waals surface area contributed by atoms with Crippen molar-refractivity contribution in [1.29, 1.82) is 0 Å². The molecule has 16 heavy (non-hydrogen) atoms. The number of nitrogens with one attached hydrogen (secondary N) is 1. The van der Waals surface area contributed by atoms with E-state index in [9.17, 15) is 0 Å². The molecular formula is C12H19N4+. The fourth-order valence-electron chi connectivity index (χ4n) is 1.38. The minimum absolute atomic E-state index is 0.109. The van der Waals surface area contributed by atoms with Gasteiger partial charge in [-0.2, -0.15) is 5.10 Å². The summed E-state index contributed by atoms with van der Waals surface area (Å²) in [5, 5.41) is 6.82. The van der Waals surface area contributed by atoms with Crippen molar-refractivity contribution < 1.29 is 5.10 Å². The topological polar surface area (TPSA) is 78.4 Å². The van der Waals surface area contributed by atoms with Gasteiger partial charge in [-0.25, -0.2) is 0 Å². The third-order valence-corrected chi connectivity index (χ3v) is 2.03. The first-order valence-electron chi connectivity index (χ1n) is 5.35. The van der Waals surface area contributed by atoms with Crippen molar-refractivity contribution in [2.45, 2.75) is 20.3 Å². The number of hydrazone groups is 1. The zero-order valence-corrected chi connectivity index (χ0v) is 9.77. The van der Waals surface area contributed by atoms with Crippen molar-refractivity contribution in [3.8, 4) is 0 Å². The van der Waals surface area contributed by atoms with Crippen LogP contribution in [0, 0.1) is 5.92 Å². The van der Waals surface area contributed by atoms with Gasteiger partial charge in [0.1, 0.15) is 0 Å². The van der Waals surface area contributed by atoms with Gasteiger partial charge in [0.05, 0.1) is 5.71 Å². The third kappa shape index (κ3) is 4.13. The van der Waals surface area contributed by atoms with E-state index in [0.717, 1.165) is 17.7 Å². The summed E-state index contributed by atoms with van der Waals surface area (Å²) in [5.41, 5.74) is 12.7. The zero-order chi connectivity index (χ0) is 12.0. The number of hydrogen-bond acceptors (Lipinski definition) is 1. The maximum absolute atomic E-state index is 5.33. The van der Waals surface area contributed by atoms with Crippen LogP contribution in [0.3, 0.4) is 0 Å². The first kappa shape index (κ1) is 12.2. The molecule has 0 heterocycles. The predicted octanol–water partition coefficient (Wildman–Crippen LogP) is -0.209. The lowest BCUT2D eigenvalue weighted by Gasteiger charge is -2.06. The van der Waals surface area contributed by atoms with Gasteiger partial charge in [0, 0.05) is 0 Å². The molecule has 1 aromatic rings. The van der Waals surface area contributed by atoms with Gasteiger partial charge in [-0.05, 0) is 17.9 Å². The van der Waals surface area contributed by atoms with Crippen LogP contribution in [0.1, 0.15) is 25.8 Å². The highest BCUT2D eigenvalue weighted by Gasteiger charge is 2.06. The molecule has 0 bridgehead atoms. The summed E-state index contributed by atoms with van der Waals surface area (Å²) >= 11 is 0. The highest BCUT2D eigenvalue weighted by Crippen LogP contribution is 2.09. The largest absolute Gasteiger partial charge is 0.362 e. The van der Waals surface area contributed by atoms with Gasteiger partial charge in [-0.1, -0.05) is 44.2 Å². The van der Waals surface area contributed by atoms with Gasteiger partial charge in [0.2, 0.25) is 0 Å². The average molecular weight is 219 g/mol. The summed E-state index contributed by atoms with van der Waals surface area (Å²) in [7, 11) is 0. The van der Waals surface area contributed by atoms with E-state index in [1.165, 1.54) is 0 Å². The molecular weight excluding hydrogens is 200 g/mol. The Labute approximate surface area is 96.1 Å². The van der Waals surface area contributed by atoms with Crippen LogP contribution in [0.2, 0.25) is 0 Å². The zero-order valence-electron chi connectivity index (χ0n) is 9.77. The van der Waals surface area contributed by atoms with Crippen LogP contribution < -0.4 is 16.6 Å². The Bertz CT molecular complexity index is 375. The van der Waals surface area contributed by atoms with E-state index in [1.807, 2.05) is 30.3 Å². The Hall–Kier alpha value is -1.84. The van der Waals surface area contributed by atoms with Crippen molar-refractivity contribution in [3.63, 3.8) is 0 Å². The fraction of sp³-hybridized carbons (Fsp3) is 0.333. The first-order chi connectivity index (χ1) is 7.59. The van der Waals surface area contributed by atoms with Crippen molar-refractivity contribution in [2.75, 3.05) is 0 Å². The first-order valence-corrected chi connectivity index (χ1v) is 5.35. The molecule has 0 saturated heterocycles. The quantitative estimate of drug-likeness (QED) is 0.372. The summed E-state index contributed by atoms with van der Waals surface area (Å²) < 4.78 is 0. The lowest BCUT2D eigenvalue weighted by atomic mass is 10.0. The van der Waals surface area contributed by atoms with Gasteiger partial charge < -0.3 is 0 Å². The second-order valence-corrected chi connectivity index (χ2v) is 4.09. The summed E-state index contributed by atoms with van der Waals surface area (Å²) in [5.74, 6) is 0.636. The maximum Gasteiger partial charge on any atom is 0.362 e. The minimum Gasteiger partial charge on any atom is -0.289 e. The second kappa shape index (κ2) is 5.90. The van der Waals surface area contributed by atoms with E-state index in [-0.39, 0.29) is 5.96 Å². The monoisotopic (exact) mass is 219 g/mol. The molecule has 1 aromatic carbocycles. The normalized spacial score (nSPS) is 11.6. The van der Waals surface area contributed by atoms with Crippen LogP contribution in [-0.2, 0) is 0 Å². The van der Waals surface area contributed by atoms with Gasteiger partial charge in [-0.3, -0.25) is 11.5 Å². The SMILES string of the molecule is CC(C)C/C(=N/[NH+]=C(N)N)c1ccccc1. The highest BCUT2D eigenvalue weighted by atomic mass is 15.3. The number of hydrogen-bond donors (Lipinski definition) is 3. The summed E-state index contributed by atoms with van der Waals surface area (Å²) in [6.45, 7) is 4.29. The van der Waals surface area contributed by atoms with Crippen molar-refractivity contribution >= 4 is 11.7 Å². The van der Waals surface area contributed by atoms with Gasteiger partial charge >= 0.3 is 5.96 Å². The Balaban J connectivity index is 2.97. The molecule has 1 rings (SSSR count). The van der Waals surface area contributed by atoms with Crippen molar-refractivity contribution in [3.05, 3.63) is 35.9 Å². The number of benzene rings is 1. The highest BCUT2D eigenvalue weighted by molar-refractivity contribution is 6.00. The lowest BCUT2D eigenvalue weighted by Crippen LogP contribution is -2.73. The molecule has 0 aromatic heterocycles. The molecule has 4 heteroatoms. The van der Waals surface area contributed by atoms with Crippen LogP contribution in [0.5, 0.6) is 0 Å². The molecule has 5 N–H and O–H groups in total. The van der Waals surface area contributed by atoms with E-state index >= 15 is 0 Å². The van der Waals surface area contributed by atoms with E-state index in [2.05, 4.69) is 24.1 Å². The molecule has 0 spiro atoms. The Morgan fingerprint density at radius 1 is 1.25 bits per heavy atom. The van der Waals surface area contributed by atoms with Gasteiger partial charge in [-0.15, -0.1) is 5.10 Å². The van der Waals surface area contributed by atoms with Crippen LogP contribution in [-0.4, -0.2) is 11.7 Å². The van der Waals surface area contributed by atoms with Crippen molar-refractivity contribution in [2.24, 2.45) is 22.5 Å². The van der Waals surface area contributed by atoms with Crippen LogP contribution >= 0.6 is 0 Å². The van der Waals surface area contributed by atoms with E-state index < -0.39 is 0 Å². The lowest BCUT2D eigenvalue weighted by molar-refractivity contribution is -0.464. The third-order valence-electron chi connectivity index (χ3n) is 2.03. The molecule has 4 nitrogen and oxygen atoms in total. The summed E-state index contributed by atoms with van der Waals surface area (Å²) in [6.07, 6.45) is 0.879. The Kier molecular flexibility index (Phi) is 4.51. The maximum atomic E-state index is 5.33. The number of nitrogens with zero attached hydrogens (tertiary/aromatic N) is 1. The van der Waals surface area contributed by atoms with Crippen LogP contribution in [0.25, 0.3) is 0 Å². The molecule has 0 saturated carbocycles. The van der Waals surface area contributed by atoms with Gasteiger partial charge in [0.25, 0.3) is 0 Å². The minimum atomic E-state index is 0.109. The smallest absolute Gasteiger partial charge is 0.289 e. The standard InChI is InChI=1S/C12H18N4/c1-9(2)8-11(15-16-12(13)14)10-6-4-3-5-7-10/h3-7,9H,8H2,1-2H3,(H4,13,14,16)/p+1/b15-11-. The number of guanidine groups is 1.